The summed E-state index contributed by atoms with van der Waals surface area (Å²) in [5.41, 5.74) is 0. The quantitative estimate of drug-likeness (QED) is 0.748. The van der Waals surface area contributed by atoms with Crippen LogP contribution < -0.4 is 10.0 Å². The van der Waals surface area contributed by atoms with Crippen molar-refractivity contribution in [2.24, 2.45) is 5.92 Å². The lowest BCUT2D eigenvalue weighted by molar-refractivity contribution is 0.372. The maximum atomic E-state index is 11.1. The molecule has 0 aliphatic carbocycles. The number of rotatable bonds is 4. The molecule has 0 aromatic heterocycles. The van der Waals surface area contributed by atoms with E-state index in [1.54, 1.807) is 6.92 Å². The maximum Gasteiger partial charge on any atom is 0.211 e. The zero-order chi connectivity index (χ0) is 9.73. The molecule has 0 unspecified atom stereocenters. The third-order valence-electron chi connectivity index (χ3n) is 2.43. The van der Waals surface area contributed by atoms with Crippen LogP contribution >= 0.6 is 12.4 Å². The zero-order valence-electron chi connectivity index (χ0n) is 8.45. The predicted octanol–water partition coefficient (Wildman–Crippen LogP) is 0.347. The van der Waals surface area contributed by atoms with Gasteiger partial charge in [0.25, 0.3) is 0 Å². The van der Waals surface area contributed by atoms with Crippen LogP contribution in [0.3, 0.4) is 0 Å². The Morgan fingerprint density at radius 3 is 2.43 bits per heavy atom. The van der Waals surface area contributed by atoms with Crippen LogP contribution in [0.15, 0.2) is 0 Å². The van der Waals surface area contributed by atoms with E-state index >= 15 is 0 Å². The molecule has 0 bridgehead atoms. The first kappa shape index (κ1) is 14.2. The van der Waals surface area contributed by atoms with Crippen molar-refractivity contribution in [1.29, 1.82) is 0 Å². The standard InChI is InChI=1S/C8H18N2O2S.ClH/c1-2-13(11,12)10-7-8-3-5-9-6-4-8;/h8-10H,2-7H2,1H3;1H. The van der Waals surface area contributed by atoms with Crippen molar-refractivity contribution in [2.75, 3.05) is 25.4 Å². The van der Waals surface area contributed by atoms with Crippen LogP contribution in [-0.2, 0) is 10.0 Å². The molecule has 86 valence electrons. The van der Waals surface area contributed by atoms with Crippen molar-refractivity contribution in [3.05, 3.63) is 0 Å². The summed E-state index contributed by atoms with van der Waals surface area (Å²) < 4.78 is 24.9. The molecule has 0 saturated carbocycles. The smallest absolute Gasteiger partial charge is 0.211 e. The molecule has 1 heterocycles. The largest absolute Gasteiger partial charge is 0.317 e. The minimum absolute atomic E-state index is 0. The van der Waals surface area contributed by atoms with Crippen molar-refractivity contribution in [3.8, 4) is 0 Å². The summed E-state index contributed by atoms with van der Waals surface area (Å²) in [5, 5.41) is 3.25. The Hall–Kier alpha value is 0.160. The Kier molecular flexibility index (Phi) is 6.68. The van der Waals surface area contributed by atoms with Gasteiger partial charge in [-0.1, -0.05) is 0 Å². The molecule has 2 N–H and O–H groups in total. The number of sulfonamides is 1. The van der Waals surface area contributed by atoms with Gasteiger partial charge in [0.05, 0.1) is 5.75 Å². The summed E-state index contributed by atoms with van der Waals surface area (Å²) >= 11 is 0. The molecule has 1 fully saturated rings. The van der Waals surface area contributed by atoms with Crippen molar-refractivity contribution < 1.29 is 8.42 Å². The first-order valence-electron chi connectivity index (χ1n) is 4.82. The second-order valence-electron chi connectivity index (χ2n) is 3.45. The molecule has 0 aromatic rings. The van der Waals surface area contributed by atoms with E-state index in [9.17, 15) is 8.42 Å². The van der Waals surface area contributed by atoms with E-state index in [-0.39, 0.29) is 18.2 Å². The fraction of sp³-hybridized carbons (Fsp3) is 1.00. The summed E-state index contributed by atoms with van der Waals surface area (Å²) in [6.07, 6.45) is 2.15. The van der Waals surface area contributed by atoms with Crippen LogP contribution in [0.25, 0.3) is 0 Å². The molecule has 0 radical (unpaired) electrons. The molecule has 6 heteroatoms. The summed E-state index contributed by atoms with van der Waals surface area (Å²) in [6, 6.07) is 0. The molecule has 4 nitrogen and oxygen atoms in total. The lowest BCUT2D eigenvalue weighted by Gasteiger charge is -2.22. The van der Waals surface area contributed by atoms with E-state index in [2.05, 4.69) is 10.0 Å². The van der Waals surface area contributed by atoms with E-state index in [0.29, 0.717) is 12.5 Å². The minimum Gasteiger partial charge on any atom is -0.317 e. The van der Waals surface area contributed by atoms with Gasteiger partial charge in [0, 0.05) is 6.54 Å². The first-order chi connectivity index (χ1) is 6.14. The highest BCUT2D eigenvalue weighted by Crippen LogP contribution is 2.10. The number of hydrogen-bond donors (Lipinski definition) is 2. The van der Waals surface area contributed by atoms with Crippen LogP contribution in [0.1, 0.15) is 19.8 Å². The summed E-state index contributed by atoms with van der Waals surface area (Å²) in [4.78, 5) is 0. The van der Waals surface area contributed by atoms with Crippen LogP contribution in [0, 0.1) is 5.92 Å². The van der Waals surface area contributed by atoms with Gasteiger partial charge in [-0.2, -0.15) is 0 Å². The van der Waals surface area contributed by atoms with Crippen LogP contribution in [-0.4, -0.2) is 33.8 Å². The van der Waals surface area contributed by atoms with Crippen molar-refractivity contribution in [3.63, 3.8) is 0 Å². The molecule has 1 aliphatic rings. The monoisotopic (exact) mass is 242 g/mol. The molecular formula is C8H19ClN2O2S. The van der Waals surface area contributed by atoms with E-state index in [1.807, 2.05) is 0 Å². The van der Waals surface area contributed by atoms with Gasteiger partial charge in [-0.05, 0) is 38.8 Å². The fourth-order valence-corrected chi connectivity index (χ4v) is 2.13. The van der Waals surface area contributed by atoms with Crippen LogP contribution in [0.2, 0.25) is 0 Å². The number of piperidine rings is 1. The predicted molar refractivity (Wildman–Crippen MR) is 60.3 cm³/mol. The van der Waals surface area contributed by atoms with E-state index in [1.165, 1.54) is 0 Å². The second kappa shape index (κ2) is 6.61. The van der Waals surface area contributed by atoms with Crippen molar-refractivity contribution >= 4 is 22.4 Å². The Labute approximate surface area is 92.3 Å². The van der Waals surface area contributed by atoms with E-state index < -0.39 is 10.0 Å². The zero-order valence-corrected chi connectivity index (χ0v) is 10.1. The van der Waals surface area contributed by atoms with Crippen molar-refractivity contribution in [1.82, 2.24) is 10.0 Å². The molecule has 14 heavy (non-hydrogen) atoms. The van der Waals surface area contributed by atoms with Crippen LogP contribution in [0.5, 0.6) is 0 Å². The number of hydrogen-bond acceptors (Lipinski definition) is 3. The SMILES string of the molecule is CCS(=O)(=O)NCC1CCNCC1.Cl. The molecule has 1 rings (SSSR count). The summed E-state index contributed by atoms with van der Waals surface area (Å²) in [5.74, 6) is 0.695. The van der Waals surface area contributed by atoms with E-state index in [4.69, 9.17) is 0 Å². The third kappa shape index (κ3) is 5.14. The Morgan fingerprint density at radius 2 is 1.93 bits per heavy atom. The first-order valence-corrected chi connectivity index (χ1v) is 6.47. The highest BCUT2D eigenvalue weighted by atomic mass is 35.5. The highest BCUT2D eigenvalue weighted by Gasteiger charge is 2.15. The topological polar surface area (TPSA) is 58.2 Å². The third-order valence-corrected chi connectivity index (χ3v) is 3.80. The fourth-order valence-electron chi connectivity index (χ4n) is 1.43. The average molecular weight is 243 g/mol. The van der Waals surface area contributed by atoms with Gasteiger partial charge in [-0.25, -0.2) is 13.1 Å². The van der Waals surface area contributed by atoms with Gasteiger partial charge < -0.3 is 5.32 Å². The van der Waals surface area contributed by atoms with Crippen LogP contribution in [0.4, 0.5) is 0 Å². The van der Waals surface area contributed by atoms with Gasteiger partial charge in [0.2, 0.25) is 10.0 Å². The summed E-state index contributed by atoms with van der Waals surface area (Å²) in [7, 11) is -2.99. The normalized spacial score (nSPS) is 18.9. The highest BCUT2D eigenvalue weighted by molar-refractivity contribution is 7.89. The average Bonchev–Trinajstić information content (AvgIpc) is 2.17. The Bertz CT molecular complexity index is 238. The summed E-state index contributed by atoms with van der Waals surface area (Å²) in [6.45, 7) is 4.29. The number of halogens is 1. The van der Waals surface area contributed by atoms with Gasteiger partial charge in [0.1, 0.15) is 0 Å². The Morgan fingerprint density at radius 1 is 1.36 bits per heavy atom. The van der Waals surface area contributed by atoms with Gasteiger partial charge in [-0.3, -0.25) is 0 Å². The molecule has 0 amide bonds. The minimum atomic E-state index is -2.99. The molecular weight excluding hydrogens is 224 g/mol. The molecule has 0 spiro atoms. The lowest BCUT2D eigenvalue weighted by atomic mass is 9.99. The molecule has 1 aliphatic heterocycles. The van der Waals surface area contributed by atoms with Crippen molar-refractivity contribution in [2.45, 2.75) is 19.8 Å². The number of nitrogens with one attached hydrogen (secondary N) is 2. The van der Waals surface area contributed by atoms with E-state index in [0.717, 1.165) is 25.9 Å². The van der Waals surface area contributed by atoms with Gasteiger partial charge >= 0.3 is 0 Å². The second-order valence-corrected chi connectivity index (χ2v) is 5.54. The molecule has 1 saturated heterocycles. The van der Waals surface area contributed by atoms with Gasteiger partial charge in [-0.15, -0.1) is 12.4 Å². The Balaban J connectivity index is 0.00000169. The maximum absolute atomic E-state index is 11.1. The molecule has 0 aromatic carbocycles. The van der Waals surface area contributed by atoms with Gasteiger partial charge in [0.15, 0.2) is 0 Å². The lowest BCUT2D eigenvalue weighted by Crippen LogP contribution is -2.36. The molecule has 0 atom stereocenters.